The molecule has 0 amide bonds. The molecular weight excluding hydrogens is 212 g/mol. The van der Waals surface area contributed by atoms with Gasteiger partial charge in [0.1, 0.15) is 0 Å². The minimum atomic E-state index is 0.556. The highest BCUT2D eigenvalue weighted by atomic mass is 32.1. The molecule has 0 N–H and O–H groups in total. The molecule has 4 heteroatoms. The van der Waals surface area contributed by atoms with Crippen LogP contribution in [0.1, 0.15) is 25.7 Å². The SMILES string of the molecule is CN1C(=S)C2CCCCC2N(C)C1=S. The molecule has 2 nitrogen and oxygen atoms in total. The highest BCUT2D eigenvalue weighted by molar-refractivity contribution is 7.81. The molecule has 0 aromatic heterocycles. The van der Waals surface area contributed by atoms with Gasteiger partial charge in [0, 0.05) is 26.1 Å². The molecule has 0 aromatic carbocycles. The summed E-state index contributed by atoms with van der Waals surface area (Å²) in [5.41, 5.74) is 0. The van der Waals surface area contributed by atoms with Crippen molar-refractivity contribution in [2.45, 2.75) is 31.7 Å². The summed E-state index contributed by atoms with van der Waals surface area (Å²) in [7, 11) is 4.09. The van der Waals surface area contributed by atoms with Crippen LogP contribution < -0.4 is 0 Å². The largest absolute Gasteiger partial charge is 0.348 e. The van der Waals surface area contributed by atoms with E-state index in [9.17, 15) is 0 Å². The van der Waals surface area contributed by atoms with Crippen molar-refractivity contribution in [3.05, 3.63) is 0 Å². The minimum absolute atomic E-state index is 0.556. The molecule has 2 fully saturated rings. The zero-order valence-electron chi connectivity index (χ0n) is 8.69. The van der Waals surface area contributed by atoms with E-state index >= 15 is 0 Å². The van der Waals surface area contributed by atoms with E-state index in [4.69, 9.17) is 24.4 Å². The average molecular weight is 228 g/mol. The molecule has 2 rings (SSSR count). The number of hydrogen-bond acceptors (Lipinski definition) is 2. The normalized spacial score (nSPS) is 33.3. The number of fused-ring (bicyclic) bond motifs is 1. The van der Waals surface area contributed by atoms with Crippen LogP contribution in [0.3, 0.4) is 0 Å². The van der Waals surface area contributed by atoms with E-state index in [1.54, 1.807) is 0 Å². The Balaban J connectivity index is 2.25. The van der Waals surface area contributed by atoms with Crippen LogP contribution in [0.2, 0.25) is 0 Å². The van der Waals surface area contributed by atoms with Crippen LogP contribution in [0, 0.1) is 5.92 Å². The predicted molar refractivity (Wildman–Crippen MR) is 66.5 cm³/mol. The van der Waals surface area contributed by atoms with Crippen molar-refractivity contribution < 1.29 is 0 Å². The molecule has 1 saturated carbocycles. The fourth-order valence-electron chi connectivity index (χ4n) is 2.58. The summed E-state index contributed by atoms with van der Waals surface area (Å²) in [6.45, 7) is 0. The van der Waals surface area contributed by atoms with Crippen LogP contribution >= 0.6 is 24.4 Å². The molecule has 0 aromatic rings. The second-order valence-electron chi connectivity index (χ2n) is 4.25. The summed E-state index contributed by atoms with van der Waals surface area (Å²) in [6.07, 6.45) is 5.12. The molecule has 78 valence electrons. The first-order valence-corrected chi connectivity index (χ1v) is 5.99. The molecule has 1 saturated heterocycles. The van der Waals surface area contributed by atoms with E-state index in [1.165, 1.54) is 25.7 Å². The van der Waals surface area contributed by atoms with Crippen LogP contribution in [0.4, 0.5) is 0 Å². The predicted octanol–water partition coefficient (Wildman–Crippen LogP) is 2.03. The van der Waals surface area contributed by atoms with Crippen LogP contribution in [0.5, 0.6) is 0 Å². The molecule has 1 heterocycles. The van der Waals surface area contributed by atoms with Gasteiger partial charge in [0.2, 0.25) is 0 Å². The number of rotatable bonds is 0. The standard InChI is InChI=1S/C10H16N2S2/c1-11-8-6-4-3-5-7(8)9(13)12(2)10(11)14/h7-8H,3-6H2,1-2H3. The van der Waals surface area contributed by atoms with Gasteiger partial charge in [-0.2, -0.15) is 0 Å². The number of hydrogen-bond donors (Lipinski definition) is 0. The lowest BCUT2D eigenvalue weighted by atomic mass is 9.82. The molecular formula is C10H16N2S2. The fourth-order valence-corrected chi connectivity index (χ4v) is 3.24. The van der Waals surface area contributed by atoms with E-state index in [1.807, 2.05) is 11.9 Å². The Labute approximate surface area is 96.2 Å². The first-order valence-electron chi connectivity index (χ1n) is 5.17. The quantitative estimate of drug-likeness (QED) is 0.585. The third-order valence-electron chi connectivity index (χ3n) is 3.46. The molecule has 2 unspecified atom stereocenters. The maximum absolute atomic E-state index is 5.47. The van der Waals surface area contributed by atoms with Crippen LogP contribution in [0.15, 0.2) is 0 Å². The van der Waals surface area contributed by atoms with E-state index in [-0.39, 0.29) is 0 Å². The molecule has 1 aliphatic heterocycles. The lowest BCUT2D eigenvalue weighted by Gasteiger charge is -2.47. The van der Waals surface area contributed by atoms with Gasteiger partial charge >= 0.3 is 0 Å². The van der Waals surface area contributed by atoms with Crippen molar-refractivity contribution in [1.29, 1.82) is 0 Å². The smallest absolute Gasteiger partial charge is 0.176 e. The third kappa shape index (κ3) is 1.44. The Morgan fingerprint density at radius 2 is 1.79 bits per heavy atom. The Hall–Kier alpha value is -0.220. The van der Waals surface area contributed by atoms with Gasteiger partial charge in [-0.1, -0.05) is 25.1 Å². The van der Waals surface area contributed by atoms with Gasteiger partial charge in [0.15, 0.2) is 5.11 Å². The van der Waals surface area contributed by atoms with Crippen molar-refractivity contribution in [2.75, 3.05) is 14.1 Å². The Morgan fingerprint density at radius 3 is 2.50 bits per heavy atom. The lowest BCUT2D eigenvalue weighted by Crippen LogP contribution is -2.59. The molecule has 2 aliphatic rings. The van der Waals surface area contributed by atoms with E-state index in [0.717, 1.165) is 10.1 Å². The summed E-state index contributed by atoms with van der Waals surface area (Å²) in [6, 6.07) is 0.569. The maximum atomic E-state index is 5.47. The monoisotopic (exact) mass is 228 g/mol. The van der Waals surface area contributed by atoms with Crippen molar-refractivity contribution in [3.63, 3.8) is 0 Å². The van der Waals surface area contributed by atoms with Crippen LogP contribution in [0.25, 0.3) is 0 Å². The highest BCUT2D eigenvalue weighted by Crippen LogP contribution is 2.33. The minimum Gasteiger partial charge on any atom is -0.348 e. The first-order chi connectivity index (χ1) is 6.63. The van der Waals surface area contributed by atoms with E-state index in [0.29, 0.717) is 12.0 Å². The molecule has 1 aliphatic carbocycles. The Bertz CT molecular complexity index is 277. The summed E-state index contributed by atoms with van der Waals surface area (Å²) >= 11 is 10.8. The van der Waals surface area contributed by atoms with Gasteiger partial charge in [0.05, 0.1) is 4.99 Å². The van der Waals surface area contributed by atoms with Gasteiger partial charge in [-0.05, 0) is 25.1 Å². The molecule has 2 atom stereocenters. The van der Waals surface area contributed by atoms with Gasteiger partial charge in [0.25, 0.3) is 0 Å². The topological polar surface area (TPSA) is 6.48 Å². The Kier molecular flexibility index (Phi) is 2.75. The van der Waals surface area contributed by atoms with Gasteiger partial charge < -0.3 is 9.80 Å². The second-order valence-corrected chi connectivity index (χ2v) is 5.03. The van der Waals surface area contributed by atoms with Gasteiger partial charge in [-0.3, -0.25) is 0 Å². The van der Waals surface area contributed by atoms with Crippen molar-refractivity contribution in [1.82, 2.24) is 9.80 Å². The maximum Gasteiger partial charge on any atom is 0.176 e. The Morgan fingerprint density at radius 1 is 1.14 bits per heavy atom. The van der Waals surface area contributed by atoms with Gasteiger partial charge in [-0.15, -0.1) is 0 Å². The molecule has 14 heavy (non-hydrogen) atoms. The second kappa shape index (κ2) is 3.74. The van der Waals surface area contributed by atoms with E-state index < -0.39 is 0 Å². The molecule has 0 radical (unpaired) electrons. The van der Waals surface area contributed by atoms with Crippen LogP contribution in [-0.4, -0.2) is 40.0 Å². The first kappa shape index (κ1) is 10.3. The fraction of sp³-hybridized carbons (Fsp3) is 0.800. The zero-order valence-corrected chi connectivity index (χ0v) is 10.3. The summed E-state index contributed by atoms with van der Waals surface area (Å²) in [5, 5.41) is 0.887. The summed E-state index contributed by atoms with van der Waals surface area (Å²) in [5.74, 6) is 0.556. The van der Waals surface area contributed by atoms with Crippen LogP contribution in [-0.2, 0) is 0 Å². The van der Waals surface area contributed by atoms with E-state index in [2.05, 4.69) is 11.9 Å². The van der Waals surface area contributed by atoms with Crippen molar-refractivity contribution >= 4 is 34.5 Å². The summed E-state index contributed by atoms with van der Waals surface area (Å²) < 4.78 is 0. The molecule has 0 spiro atoms. The lowest BCUT2D eigenvalue weighted by molar-refractivity contribution is 0.205. The van der Waals surface area contributed by atoms with Crippen molar-refractivity contribution in [3.8, 4) is 0 Å². The molecule has 0 bridgehead atoms. The highest BCUT2D eigenvalue weighted by Gasteiger charge is 2.39. The van der Waals surface area contributed by atoms with Gasteiger partial charge in [-0.25, -0.2) is 0 Å². The zero-order chi connectivity index (χ0) is 10.3. The number of nitrogens with zero attached hydrogens (tertiary/aromatic N) is 2. The number of thiocarbonyl (C=S) groups is 2. The van der Waals surface area contributed by atoms with Crippen molar-refractivity contribution in [2.24, 2.45) is 5.92 Å². The third-order valence-corrected chi connectivity index (χ3v) is 4.60. The average Bonchev–Trinajstić information content (AvgIpc) is 2.23. The summed E-state index contributed by atoms with van der Waals surface area (Å²) in [4.78, 5) is 5.28.